The molecule has 0 aliphatic rings. The molecular formula is C18H29NO5. The highest BCUT2D eigenvalue weighted by atomic mass is 16.5. The predicted molar refractivity (Wildman–Crippen MR) is 92.8 cm³/mol. The van der Waals surface area contributed by atoms with Crippen LogP contribution in [-0.2, 0) is 16.0 Å². The fraction of sp³-hybridized carbons (Fsp3) is 0.667. The van der Waals surface area contributed by atoms with Crippen molar-refractivity contribution in [1.82, 2.24) is 4.57 Å². The van der Waals surface area contributed by atoms with Crippen LogP contribution in [-0.4, -0.2) is 37.0 Å². The Hall–Kier alpha value is -1.82. The van der Waals surface area contributed by atoms with Crippen molar-refractivity contribution in [3.05, 3.63) is 28.2 Å². The summed E-state index contributed by atoms with van der Waals surface area (Å²) >= 11 is 0. The smallest absolute Gasteiger partial charge is 0.342 e. The third kappa shape index (κ3) is 6.35. The molecular weight excluding hydrogens is 310 g/mol. The second-order valence-corrected chi connectivity index (χ2v) is 5.45. The monoisotopic (exact) mass is 339 g/mol. The van der Waals surface area contributed by atoms with Gasteiger partial charge in [-0.2, -0.15) is 0 Å². The zero-order valence-corrected chi connectivity index (χ0v) is 15.0. The second kappa shape index (κ2) is 11.7. The second-order valence-electron chi connectivity index (χ2n) is 5.45. The normalized spacial score (nSPS) is 10.6. The van der Waals surface area contributed by atoms with E-state index in [0.29, 0.717) is 26.4 Å². The van der Waals surface area contributed by atoms with E-state index < -0.39 is 5.97 Å². The van der Waals surface area contributed by atoms with E-state index >= 15 is 0 Å². The standard InChI is InChI=1S/C18H29NO5/c1-4-7-12-22-14-11-19-10-9-15(18(21)23-6-3)16(17(19)20)24-13-8-5-2/h9-10H,4-8,11-14H2,1-3H3. The van der Waals surface area contributed by atoms with Crippen LogP contribution in [0.1, 0.15) is 56.8 Å². The number of rotatable bonds is 12. The van der Waals surface area contributed by atoms with Crippen LogP contribution in [0.4, 0.5) is 0 Å². The molecule has 24 heavy (non-hydrogen) atoms. The van der Waals surface area contributed by atoms with Crippen molar-refractivity contribution >= 4 is 5.97 Å². The SMILES string of the molecule is CCCCOCCn1ccc(C(=O)OCC)c(OCCCC)c1=O. The summed E-state index contributed by atoms with van der Waals surface area (Å²) in [5.74, 6) is -0.467. The first-order chi connectivity index (χ1) is 11.7. The molecule has 6 heteroatoms. The molecule has 0 fully saturated rings. The summed E-state index contributed by atoms with van der Waals surface area (Å²) in [4.78, 5) is 24.6. The van der Waals surface area contributed by atoms with E-state index in [1.165, 1.54) is 4.57 Å². The lowest BCUT2D eigenvalue weighted by atomic mass is 10.2. The van der Waals surface area contributed by atoms with Crippen LogP contribution in [0, 0.1) is 0 Å². The van der Waals surface area contributed by atoms with Crippen molar-refractivity contribution in [2.24, 2.45) is 0 Å². The number of unbranched alkanes of at least 4 members (excludes halogenated alkanes) is 2. The van der Waals surface area contributed by atoms with E-state index in [2.05, 4.69) is 6.92 Å². The Labute approximate surface area is 143 Å². The summed E-state index contributed by atoms with van der Waals surface area (Å²) in [5, 5.41) is 0. The fourth-order valence-electron chi connectivity index (χ4n) is 2.07. The quantitative estimate of drug-likeness (QED) is 0.432. The van der Waals surface area contributed by atoms with E-state index in [9.17, 15) is 9.59 Å². The molecule has 0 N–H and O–H groups in total. The number of aromatic nitrogens is 1. The molecule has 0 saturated heterocycles. The van der Waals surface area contributed by atoms with Crippen molar-refractivity contribution in [3.63, 3.8) is 0 Å². The molecule has 0 spiro atoms. The fourth-order valence-corrected chi connectivity index (χ4v) is 2.07. The van der Waals surface area contributed by atoms with Gasteiger partial charge in [-0.15, -0.1) is 0 Å². The van der Waals surface area contributed by atoms with Gasteiger partial charge in [-0.3, -0.25) is 4.79 Å². The molecule has 0 atom stereocenters. The van der Waals surface area contributed by atoms with Gasteiger partial charge in [-0.25, -0.2) is 4.79 Å². The third-order valence-corrected chi connectivity index (χ3v) is 3.48. The summed E-state index contributed by atoms with van der Waals surface area (Å²) in [6, 6.07) is 1.58. The van der Waals surface area contributed by atoms with Crippen molar-refractivity contribution in [1.29, 1.82) is 0 Å². The Balaban J connectivity index is 2.88. The van der Waals surface area contributed by atoms with Gasteiger partial charge in [0.15, 0.2) is 5.75 Å². The number of esters is 1. The van der Waals surface area contributed by atoms with Crippen LogP contribution in [0.2, 0.25) is 0 Å². The highest BCUT2D eigenvalue weighted by Crippen LogP contribution is 2.15. The molecule has 136 valence electrons. The molecule has 0 aromatic carbocycles. The van der Waals surface area contributed by atoms with Gasteiger partial charge in [-0.1, -0.05) is 26.7 Å². The van der Waals surface area contributed by atoms with Gasteiger partial charge in [0.2, 0.25) is 0 Å². The first-order valence-electron chi connectivity index (χ1n) is 8.76. The molecule has 1 heterocycles. The highest BCUT2D eigenvalue weighted by Gasteiger charge is 2.18. The van der Waals surface area contributed by atoms with Gasteiger partial charge in [0.05, 0.1) is 19.8 Å². The van der Waals surface area contributed by atoms with Crippen LogP contribution < -0.4 is 10.3 Å². The Morgan fingerprint density at radius 2 is 1.79 bits per heavy atom. The summed E-state index contributed by atoms with van der Waals surface area (Å²) in [7, 11) is 0. The van der Waals surface area contributed by atoms with E-state index in [0.717, 1.165) is 25.7 Å². The number of nitrogens with zero attached hydrogens (tertiary/aromatic N) is 1. The van der Waals surface area contributed by atoms with Gasteiger partial charge >= 0.3 is 5.97 Å². The molecule has 0 aliphatic heterocycles. The lowest BCUT2D eigenvalue weighted by molar-refractivity contribution is 0.0520. The first kappa shape index (κ1) is 20.2. The maximum absolute atomic E-state index is 12.6. The van der Waals surface area contributed by atoms with Gasteiger partial charge in [0.25, 0.3) is 5.56 Å². The molecule has 0 unspecified atom stereocenters. The van der Waals surface area contributed by atoms with Crippen LogP contribution in [0.5, 0.6) is 5.75 Å². The molecule has 0 amide bonds. The molecule has 0 saturated carbocycles. The average molecular weight is 339 g/mol. The van der Waals surface area contributed by atoms with E-state index in [4.69, 9.17) is 14.2 Å². The van der Waals surface area contributed by atoms with Crippen LogP contribution >= 0.6 is 0 Å². The maximum atomic E-state index is 12.6. The number of hydrogen-bond acceptors (Lipinski definition) is 5. The van der Waals surface area contributed by atoms with Crippen molar-refractivity contribution < 1.29 is 19.0 Å². The lowest BCUT2D eigenvalue weighted by Gasteiger charge is -2.13. The zero-order valence-electron chi connectivity index (χ0n) is 15.0. The minimum atomic E-state index is -0.535. The van der Waals surface area contributed by atoms with Gasteiger partial charge in [0.1, 0.15) is 5.56 Å². The van der Waals surface area contributed by atoms with Crippen LogP contribution in [0.15, 0.2) is 17.1 Å². The van der Waals surface area contributed by atoms with Crippen LogP contribution in [0.3, 0.4) is 0 Å². The largest absolute Gasteiger partial charge is 0.487 e. The number of hydrogen-bond donors (Lipinski definition) is 0. The van der Waals surface area contributed by atoms with E-state index in [-0.39, 0.29) is 23.5 Å². The Kier molecular flexibility index (Phi) is 9.84. The highest BCUT2D eigenvalue weighted by molar-refractivity contribution is 5.92. The molecule has 1 aromatic rings. The van der Waals surface area contributed by atoms with Crippen molar-refractivity contribution in [2.75, 3.05) is 26.4 Å². The van der Waals surface area contributed by atoms with E-state index in [1.807, 2.05) is 6.92 Å². The molecule has 6 nitrogen and oxygen atoms in total. The number of carbonyl (C=O) groups excluding carboxylic acids is 1. The summed E-state index contributed by atoms with van der Waals surface area (Å²) < 4.78 is 17.6. The Morgan fingerprint density at radius 3 is 2.46 bits per heavy atom. The molecule has 0 bridgehead atoms. The van der Waals surface area contributed by atoms with Crippen molar-refractivity contribution in [3.8, 4) is 5.75 Å². The minimum absolute atomic E-state index is 0.0676. The van der Waals surface area contributed by atoms with E-state index in [1.54, 1.807) is 19.2 Å². The third-order valence-electron chi connectivity index (χ3n) is 3.48. The Morgan fingerprint density at radius 1 is 1.08 bits per heavy atom. The van der Waals surface area contributed by atoms with Gasteiger partial charge < -0.3 is 18.8 Å². The van der Waals surface area contributed by atoms with Crippen LogP contribution in [0.25, 0.3) is 0 Å². The topological polar surface area (TPSA) is 66.8 Å². The Bertz CT molecular complexity index is 553. The predicted octanol–water partition coefficient (Wildman–Crippen LogP) is 3.02. The summed E-state index contributed by atoms with van der Waals surface area (Å²) in [5.41, 5.74) is -0.142. The summed E-state index contributed by atoms with van der Waals surface area (Å²) in [6.07, 6.45) is 5.42. The van der Waals surface area contributed by atoms with Crippen molar-refractivity contribution in [2.45, 2.75) is 53.0 Å². The zero-order chi connectivity index (χ0) is 17.8. The number of pyridine rings is 1. The summed E-state index contributed by atoms with van der Waals surface area (Å²) in [6.45, 7) is 8.07. The average Bonchev–Trinajstić information content (AvgIpc) is 2.57. The molecule has 1 aromatic heterocycles. The minimum Gasteiger partial charge on any atom is -0.487 e. The van der Waals surface area contributed by atoms with Gasteiger partial charge in [0, 0.05) is 19.3 Å². The number of ether oxygens (including phenoxy) is 3. The molecule has 0 aliphatic carbocycles. The number of carbonyl (C=O) groups is 1. The van der Waals surface area contributed by atoms with Gasteiger partial charge in [-0.05, 0) is 25.8 Å². The maximum Gasteiger partial charge on any atom is 0.342 e. The molecule has 0 radical (unpaired) electrons. The molecule has 1 rings (SSSR count). The first-order valence-corrected chi connectivity index (χ1v) is 8.76. The lowest BCUT2D eigenvalue weighted by Crippen LogP contribution is -2.26.